The lowest BCUT2D eigenvalue weighted by atomic mass is 10.0. The minimum Gasteiger partial charge on any atom is -0.496 e. The maximum Gasteiger partial charge on any atom is 0.254 e. The Kier molecular flexibility index (Phi) is 10.2. The van der Waals surface area contributed by atoms with E-state index in [-0.39, 0.29) is 18.5 Å². The van der Waals surface area contributed by atoms with Crippen LogP contribution in [0.2, 0.25) is 0 Å². The summed E-state index contributed by atoms with van der Waals surface area (Å²) in [5, 5.41) is 2.64. The van der Waals surface area contributed by atoms with Crippen LogP contribution in [0.1, 0.15) is 60.6 Å². The van der Waals surface area contributed by atoms with E-state index in [4.69, 9.17) is 4.74 Å². The molecule has 0 radical (unpaired) electrons. The number of likely N-dealkylation sites (tertiary alicyclic amines) is 1. The fraction of sp³-hybridized carbons (Fsp3) is 0.440. The van der Waals surface area contributed by atoms with Gasteiger partial charge in [-0.25, -0.2) is 4.39 Å². The van der Waals surface area contributed by atoms with E-state index in [0.29, 0.717) is 23.8 Å². The first-order valence-corrected chi connectivity index (χ1v) is 11.8. The molecule has 2 unspecified atom stereocenters. The molecule has 1 aliphatic carbocycles. The van der Waals surface area contributed by atoms with Crippen LogP contribution in [-0.2, 0) is 4.79 Å². The van der Waals surface area contributed by atoms with E-state index in [1.807, 2.05) is 45.0 Å². The Morgan fingerprint density at radius 1 is 1.22 bits per heavy atom. The fourth-order valence-corrected chi connectivity index (χ4v) is 3.92. The Morgan fingerprint density at radius 3 is 2.50 bits per heavy atom. The number of hydrogen-bond acceptors (Lipinski definition) is 3. The molecule has 1 saturated carbocycles. The summed E-state index contributed by atoms with van der Waals surface area (Å²) >= 11 is 3.38. The molecule has 2 aromatic rings. The maximum atomic E-state index is 14.1. The van der Waals surface area contributed by atoms with Gasteiger partial charge in [-0.3, -0.25) is 9.59 Å². The highest BCUT2D eigenvalue weighted by atomic mass is 79.9. The van der Waals surface area contributed by atoms with Crippen LogP contribution in [0.3, 0.4) is 0 Å². The average molecular weight is 507 g/mol. The quantitative estimate of drug-likeness (QED) is 0.535. The second-order valence-corrected chi connectivity index (χ2v) is 8.48. The number of nitrogens with one attached hydrogen (secondary N) is 1. The van der Waals surface area contributed by atoms with Crippen molar-refractivity contribution >= 4 is 28.2 Å². The zero-order valence-corrected chi connectivity index (χ0v) is 20.7. The van der Waals surface area contributed by atoms with Gasteiger partial charge in [0, 0.05) is 18.0 Å². The summed E-state index contributed by atoms with van der Waals surface area (Å²) in [5.41, 5.74) is 2.59. The smallest absolute Gasteiger partial charge is 0.254 e. The monoisotopic (exact) mass is 506 g/mol. The van der Waals surface area contributed by atoms with Crippen LogP contribution in [0.5, 0.6) is 5.75 Å². The summed E-state index contributed by atoms with van der Waals surface area (Å²) in [6.07, 6.45) is 2.45. The first-order chi connectivity index (χ1) is 15.4. The van der Waals surface area contributed by atoms with E-state index in [1.54, 1.807) is 30.2 Å². The molecule has 2 aliphatic rings. The van der Waals surface area contributed by atoms with E-state index in [9.17, 15) is 14.0 Å². The van der Waals surface area contributed by atoms with E-state index in [1.165, 1.54) is 12.8 Å². The number of hydrogen-bond donors (Lipinski definition) is 1. The lowest BCUT2D eigenvalue weighted by Gasteiger charge is -2.25. The van der Waals surface area contributed by atoms with Gasteiger partial charge < -0.3 is 15.0 Å². The molecule has 0 bridgehead atoms. The first kappa shape index (κ1) is 25.8. The average Bonchev–Trinajstić information content (AvgIpc) is 3.54. The van der Waals surface area contributed by atoms with Crippen LogP contribution in [-0.4, -0.2) is 43.1 Å². The number of ether oxygens (including phenoxy) is 1. The van der Waals surface area contributed by atoms with Crippen molar-refractivity contribution in [3.05, 3.63) is 63.6 Å². The predicted molar refractivity (Wildman–Crippen MR) is 129 cm³/mol. The summed E-state index contributed by atoms with van der Waals surface area (Å²) in [4.78, 5) is 24.1. The highest BCUT2D eigenvalue weighted by Gasteiger charge is 2.36. The van der Waals surface area contributed by atoms with Gasteiger partial charge in [-0.05, 0) is 59.5 Å². The number of rotatable bonds is 5. The Bertz CT molecular complexity index is 905. The lowest BCUT2D eigenvalue weighted by molar-refractivity contribution is -0.109. The van der Waals surface area contributed by atoms with Crippen LogP contribution < -0.4 is 10.1 Å². The highest BCUT2D eigenvalue weighted by Crippen LogP contribution is 2.36. The topological polar surface area (TPSA) is 58.6 Å². The largest absolute Gasteiger partial charge is 0.496 e. The third-order valence-electron chi connectivity index (χ3n) is 5.22. The summed E-state index contributed by atoms with van der Waals surface area (Å²) in [5.74, 6) is 0.413. The SMILES string of the molecule is CC.COc1cc(C(=O)N2CC(F)CC2c2cccc(C)c2)ccc1Br.O=CNC1CC1. The number of carbonyl (C=O) groups is 2. The molecule has 7 heteroatoms. The molecule has 4 rings (SSSR count). The number of halogens is 2. The van der Waals surface area contributed by atoms with Crippen LogP contribution in [0.15, 0.2) is 46.9 Å². The van der Waals surface area contributed by atoms with Crippen LogP contribution in [0, 0.1) is 6.92 Å². The van der Waals surface area contributed by atoms with Gasteiger partial charge in [0.1, 0.15) is 11.9 Å². The van der Waals surface area contributed by atoms with Crippen molar-refractivity contribution < 1.29 is 18.7 Å². The number of benzene rings is 2. The molecule has 2 fully saturated rings. The normalized spacial score (nSPS) is 19.1. The van der Waals surface area contributed by atoms with Crippen LogP contribution in [0.25, 0.3) is 0 Å². The van der Waals surface area contributed by atoms with Crippen molar-refractivity contribution in [3.63, 3.8) is 0 Å². The van der Waals surface area contributed by atoms with Gasteiger partial charge in [0.05, 0.1) is 24.2 Å². The molecule has 0 spiro atoms. The number of carbonyl (C=O) groups excluding carboxylic acids is 2. The summed E-state index contributed by atoms with van der Waals surface area (Å²) < 4.78 is 20.1. The van der Waals surface area contributed by atoms with Gasteiger partial charge in [-0.1, -0.05) is 43.7 Å². The van der Waals surface area contributed by atoms with Gasteiger partial charge in [0.25, 0.3) is 5.91 Å². The highest BCUT2D eigenvalue weighted by molar-refractivity contribution is 9.10. The minimum absolute atomic E-state index is 0.121. The van der Waals surface area contributed by atoms with Crippen LogP contribution in [0.4, 0.5) is 4.39 Å². The van der Waals surface area contributed by atoms with Crippen LogP contribution >= 0.6 is 15.9 Å². The molecule has 1 saturated heterocycles. The lowest BCUT2D eigenvalue weighted by Crippen LogP contribution is -2.31. The number of methoxy groups -OCH3 is 1. The molecule has 5 nitrogen and oxygen atoms in total. The number of nitrogens with zero attached hydrogens (tertiary/aromatic N) is 1. The number of alkyl halides is 1. The Balaban J connectivity index is 0.000000387. The second kappa shape index (κ2) is 12.6. The summed E-state index contributed by atoms with van der Waals surface area (Å²) in [7, 11) is 1.55. The molecule has 174 valence electrons. The van der Waals surface area contributed by atoms with E-state index in [2.05, 4.69) is 21.2 Å². The Labute approximate surface area is 198 Å². The number of aryl methyl sites for hydroxylation is 1. The molecule has 32 heavy (non-hydrogen) atoms. The van der Waals surface area contributed by atoms with E-state index < -0.39 is 6.17 Å². The molecule has 0 aromatic heterocycles. The first-order valence-electron chi connectivity index (χ1n) is 11.0. The second-order valence-electron chi connectivity index (χ2n) is 7.63. The predicted octanol–water partition coefficient (Wildman–Crippen LogP) is 5.61. The molecule has 1 heterocycles. The Morgan fingerprint density at radius 2 is 1.94 bits per heavy atom. The molecule has 2 aromatic carbocycles. The van der Waals surface area contributed by atoms with Crippen molar-refractivity contribution in [3.8, 4) is 5.75 Å². The minimum atomic E-state index is -1.00. The summed E-state index contributed by atoms with van der Waals surface area (Å²) in [6.45, 7) is 6.12. The molecule has 2 amide bonds. The van der Waals surface area contributed by atoms with Gasteiger partial charge in [0.15, 0.2) is 0 Å². The molecular formula is C25H32BrFN2O3. The molecular weight excluding hydrogens is 475 g/mol. The maximum absolute atomic E-state index is 14.1. The molecule has 1 aliphatic heterocycles. The van der Waals surface area contributed by atoms with Gasteiger partial charge in [-0.15, -0.1) is 0 Å². The van der Waals surface area contributed by atoms with Crippen molar-refractivity contribution in [1.82, 2.24) is 10.2 Å². The fourth-order valence-electron chi connectivity index (χ4n) is 3.51. The van der Waals surface area contributed by atoms with Gasteiger partial charge in [0.2, 0.25) is 6.41 Å². The van der Waals surface area contributed by atoms with E-state index >= 15 is 0 Å². The third kappa shape index (κ3) is 7.05. The number of amides is 2. The molecule has 1 N–H and O–H groups in total. The summed E-state index contributed by atoms with van der Waals surface area (Å²) in [6, 6.07) is 13.4. The zero-order chi connectivity index (χ0) is 23.7. The third-order valence-corrected chi connectivity index (χ3v) is 5.87. The van der Waals surface area contributed by atoms with Gasteiger partial charge >= 0.3 is 0 Å². The van der Waals surface area contributed by atoms with Crippen molar-refractivity contribution in [1.29, 1.82) is 0 Å². The van der Waals surface area contributed by atoms with E-state index in [0.717, 1.165) is 22.0 Å². The standard InChI is InChI=1S/C19H19BrFNO2.C4H7NO.C2H6/c1-12-4-3-5-13(8-12)17-10-15(21)11-22(17)19(23)14-6-7-16(20)18(9-14)24-2;6-3-5-4-1-2-4;1-2/h3-9,15,17H,10-11H2,1-2H3;3-4H,1-2H2,(H,5,6);1-2H3. The Hall–Kier alpha value is -2.41. The zero-order valence-electron chi connectivity index (χ0n) is 19.1. The van der Waals surface area contributed by atoms with Crippen molar-refractivity contribution in [2.45, 2.75) is 58.3 Å². The molecule has 2 atom stereocenters. The van der Waals surface area contributed by atoms with Gasteiger partial charge in [-0.2, -0.15) is 0 Å². The van der Waals surface area contributed by atoms with Crippen molar-refractivity contribution in [2.24, 2.45) is 0 Å². The van der Waals surface area contributed by atoms with Crippen molar-refractivity contribution in [2.75, 3.05) is 13.7 Å².